The van der Waals surface area contributed by atoms with Crippen LogP contribution in [0.5, 0.6) is 0 Å². The molecule has 0 heterocycles. The standard InChI is InChI=1S/C28H31N3O/c1-8-9-26(22-11-10-18(2)24(15-22)17-29)21(5)19(3)14-20(4)25-13-12-23(16-27(25)30)28(32)31(6)7/h8-16H,1,30H2,2-7H3/b20-14+,21-19+,26-9+. The zero-order chi connectivity index (χ0) is 24.0. The van der Waals surface area contributed by atoms with E-state index in [1.165, 1.54) is 4.90 Å². The fourth-order valence-corrected chi connectivity index (χ4v) is 3.50. The molecule has 2 N–H and O–H groups in total. The number of anilines is 1. The average molecular weight is 426 g/mol. The van der Waals surface area contributed by atoms with Crippen molar-refractivity contribution in [3.63, 3.8) is 0 Å². The van der Waals surface area contributed by atoms with Crippen LogP contribution >= 0.6 is 0 Å². The molecule has 0 fully saturated rings. The third-order valence-electron chi connectivity index (χ3n) is 5.51. The highest BCUT2D eigenvalue weighted by molar-refractivity contribution is 5.96. The molecule has 1 amide bonds. The van der Waals surface area contributed by atoms with Gasteiger partial charge >= 0.3 is 0 Å². The molecule has 4 heteroatoms. The maximum atomic E-state index is 12.2. The number of amides is 1. The van der Waals surface area contributed by atoms with Crippen LogP contribution < -0.4 is 5.73 Å². The first-order valence-electron chi connectivity index (χ1n) is 10.4. The molecule has 2 aromatic rings. The van der Waals surface area contributed by atoms with Crippen LogP contribution in [-0.4, -0.2) is 24.9 Å². The SMILES string of the molecule is C=C\C=C(/C(C)=C(C)/C=C(\C)c1ccc(C(=O)N(C)C)cc1N)c1ccc(C)c(C#N)c1. The molecule has 164 valence electrons. The maximum Gasteiger partial charge on any atom is 0.253 e. The van der Waals surface area contributed by atoms with Gasteiger partial charge in [0.2, 0.25) is 0 Å². The fraction of sp³-hybridized carbons (Fsp3) is 0.214. The Balaban J connectivity index is 2.49. The van der Waals surface area contributed by atoms with E-state index >= 15 is 0 Å². The number of allylic oxidation sites excluding steroid dienone is 7. The van der Waals surface area contributed by atoms with Gasteiger partial charge in [-0.05, 0) is 79.3 Å². The molecule has 0 atom stereocenters. The molecule has 0 aromatic heterocycles. The minimum absolute atomic E-state index is 0.0779. The number of nitrogens with zero attached hydrogens (tertiary/aromatic N) is 2. The second kappa shape index (κ2) is 10.5. The zero-order valence-corrected chi connectivity index (χ0v) is 19.8. The number of benzene rings is 2. The Morgan fingerprint density at radius 2 is 1.75 bits per heavy atom. The van der Waals surface area contributed by atoms with E-state index < -0.39 is 0 Å². The van der Waals surface area contributed by atoms with E-state index in [-0.39, 0.29) is 5.91 Å². The summed E-state index contributed by atoms with van der Waals surface area (Å²) in [6, 6.07) is 13.6. The zero-order valence-electron chi connectivity index (χ0n) is 19.8. The van der Waals surface area contributed by atoms with Gasteiger partial charge in [-0.2, -0.15) is 5.26 Å². The molecule has 2 aromatic carbocycles. The van der Waals surface area contributed by atoms with Crippen LogP contribution in [0, 0.1) is 18.3 Å². The van der Waals surface area contributed by atoms with Gasteiger partial charge in [0, 0.05) is 30.9 Å². The Bertz CT molecular complexity index is 1190. The van der Waals surface area contributed by atoms with Crippen LogP contribution in [0.1, 0.15) is 53.4 Å². The van der Waals surface area contributed by atoms with Gasteiger partial charge in [-0.15, -0.1) is 0 Å². The summed E-state index contributed by atoms with van der Waals surface area (Å²) in [6.45, 7) is 11.9. The summed E-state index contributed by atoms with van der Waals surface area (Å²) < 4.78 is 0. The predicted octanol–water partition coefficient (Wildman–Crippen LogP) is 6.16. The van der Waals surface area contributed by atoms with E-state index in [1.54, 1.807) is 32.3 Å². The lowest BCUT2D eigenvalue weighted by Gasteiger charge is -2.14. The molecule has 0 saturated carbocycles. The molecular formula is C28H31N3O. The molecule has 0 radical (unpaired) electrons. The Morgan fingerprint density at radius 1 is 1.09 bits per heavy atom. The Hall–Kier alpha value is -3.84. The number of nitrogens with two attached hydrogens (primary N) is 1. The monoisotopic (exact) mass is 425 g/mol. The first-order chi connectivity index (χ1) is 15.1. The lowest BCUT2D eigenvalue weighted by Crippen LogP contribution is -2.21. The van der Waals surface area contributed by atoms with E-state index in [2.05, 4.69) is 32.6 Å². The highest BCUT2D eigenvalue weighted by atomic mass is 16.2. The van der Waals surface area contributed by atoms with Crippen molar-refractivity contribution in [2.24, 2.45) is 0 Å². The van der Waals surface area contributed by atoms with Gasteiger partial charge in [0.1, 0.15) is 0 Å². The molecule has 0 aliphatic heterocycles. The minimum Gasteiger partial charge on any atom is -0.398 e. The lowest BCUT2D eigenvalue weighted by atomic mass is 9.91. The number of hydrogen-bond donors (Lipinski definition) is 1. The molecule has 0 unspecified atom stereocenters. The Labute approximate surface area is 191 Å². The molecular weight excluding hydrogens is 394 g/mol. The highest BCUT2D eigenvalue weighted by Gasteiger charge is 2.12. The Kier molecular flexibility index (Phi) is 7.98. The molecule has 2 rings (SSSR count). The fourth-order valence-electron chi connectivity index (χ4n) is 3.50. The molecule has 0 spiro atoms. The summed E-state index contributed by atoms with van der Waals surface area (Å²) in [7, 11) is 3.44. The first-order valence-corrected chi connectivity index (χ1v) is 10.4. The second-order valence-corrected chi connectivity index (χ2v) is 8.09. The summed E-state index contributed by atoms with van der Waals surface area (Å²) in [6.07, 6.45) is 5.81. The minimum atomic E-state index is -0.0779. The summed E-state index contributed by atoms with van der Waals surface area (Å²) in [5, 5.41) is 9.41. The third kappa shape index (κ3) is 5.44. The smallest absolute Gasteiger partial charge is 0.253 e. The van der Waals surface area contributed by atoms with Crippen molar-refractivity contribution >= 4 is 22.7 Å². The molecule has 0 bridgehead atoms. The largest absolute Gasteiger partial charge is 0.398 e. The molecule has 0 saturated heterocycles. The van der Waals surface area contributed by atoms with E-state index in [4.69, 9.17) is 5.73 Å². The van der Waals surface area contributed by atoms with E-state index in [0.29, 0.717) is 16.8 Å². The molecule has 4 nitrogen and oxygen atoms in total. The van der Waals surface area contributed by atoms with Crippen LogP contribution in [0.2, 0.25) is 0 Å². The van der Waals surface area contributed by atoms with E-state index in [9.17, 15) is 10.1 Å². The van der Waals surface area contributed by atoms with Crippen molar-refractivity contribution in [3.8, 4) is 6.07 Å². The van der Waals surface area contributed by atoms with Crippen LogP contribution in [0.15, 0.2) is 72.4 Å². The normalized spacial score (nSPS) is 12.7. The third-order valence-corrected chi connectivity index (χ3v) is 5.51. The number of nitrogen functional groups attached to an aromatic ring is 1. The van der Waals surface area contributed by atoms with E-state index in [1.807, 2.05) is 44.2 Å². The summed E-state index contributed by atoms with van der Waals surface area (Å²) in [5.74, 6) is -0.0779. The lowest BCUT2D eigenvalue weighted by molar-refractivity contribution is 0.0827. The highest BCUT2D eigenvalue weighted by Crippen LogP contribution is 2.30. The van der Waals surface area contributed by atoms with Crippen molar-refractivity contribution in [1.29, 1.82) is 5.26 Å². The number of nitriles is 1. The van der Waals surface area contributed by atoms with Crippen molar-refractivity contribution in [3.05, 3.63) is 100 Å². The average Bonchev–Trinajstić information content (AvgIpc) is 2.76. The van der Waals surface area contributed by atoms with Gasteiger partial charge in [-0.3, -0.25) is 4.79 Å². The quantitative estimate of drug-likeness (QED) is 0.445. The predicted molar refractivity (Wildman–Crippen MR) is 135 cm³/mol. The Morgan fingerprint density at radius 3 is 2.31 bits per heavy atom. The van der Waals surface area contributed by atoms with Crippen LogP contribution in [0.3, 0.4) is 0 Å². The molecule has 0 aliphatic carbocycles. The number of rotatable bonds is 6. The first kappa shape index (κ1) is 24.4. The maximum absolute atomic E-state index is 12.2. The second-order valence-electron chi connectivity index (χ2n) is 8.09. The topological polar surface area (TPSA) is 70.1 Å². The van der Waals surface area contributed by atoms with Gasteiger partial charge in [-0.25, -0.2) is 0 Å². The number of aryl methyl sites for hydroxylation is 1. The van der Waals surface area contributed by atoms with Gasteiger partial charge in [0.15, 0.2) is 0 Å². The van der Waals surface area contributed by atoms with Crippen molar-refractivity contribution in [2.45, 2.75) is 27.7 Å². The van der Waals surface area contributed by atoms with Gasteiger partial charge in [0.05, 0.1) is 11.6 Å². The van der Waals surface area contributed by atoms with Crippen LogP contribution in [-0.2, 0) is 0 Å². The summed E-state index contributed by atoms with van der Waals surface area (Å²) in [4.78, 5) is 13.7. The summed E-state index contributed by atoms with van der Waals surface area (Å²) >= 11 is 0. The van der Waals surface area contributed by atoms with Crippen LogP contribution in [0.25, 0.3) is 11.1 Å². The summed E-state index contributed by atoms with van der Waals surface area (Å²) in [5.41, 5.74) is 15.1. The van der Waals surface area contributed by atoms with Gasteiger partial charge < -0.3 is 10.6 Å². The van der Waals surface area contributed by atoms with Gasteiger partial charge in [-0.1, -0.05) is 43.0 Å². The molecule has 32 heavy (non-hydrogen) atoms. The van der Waals surface area contributed by atoms with Crippen molar-refractivity contribution in [1.82, 2.24) is 4.90 Å². The van der Waals surface area contributed by atoms with E-state index in [0.717, 1.165) is 39.0 Å². The number of carbonyl (C=O) groups is 1. The van der Waals surface area contributed by atoms with Gasteiger partial charge in [0.25, 0.3) is 5.91 Å². The number of carbonyl (C=O) groups excluding carboxylic acids is 1. The number of hydrogen-bond acceptors (Lipinski definition) is 3. The van der Waals surface area contributed by atoms with Crippen molar-refractivity contribution in [2.75, 3.05) is 19.8 Å². The van der Waals surface area contributed by atoms with Crippen molar-refractivity contribution < 1.29 is 4.79 Å². The van der Waals surface area contributed by atoms with Crippen LogP contribution in [0.4, 0.5) is 5.69 Å². The molecule has 0 aliphatic rings.